The van der Waals surface area contributed by atoms with Crippen LogP contribution in [0.15, 0.2) is 18.2 Å². The molecule has 0 heterocycles. The van der Waals surface area contributed by atoms with Crippen LogP contribution in [0.5, 0.6) is 0 Å². The van der Waals surface area contributed by atoms with E-state index in [1.54, 1.807) is 12.1 Å². The number of halogens is 3. The van der Waals surface area contributed by atoms with E-state index in [0.717, 1.165) is 18.9 Å². The van der Waals surface area contributed by atoms with Crippen LogP contribution in [0.1, 0.15) is 30.9 Å². The Morgan fingerprint density at radius 2 is 2.06 bits per heavy atom. The molecular formula is C13H13F3N2. The molecule has 18 heavy (non-hydrogen) atoms. The van der Waals surface area contributed by atoms with Crippen molar-refractivity contribution in [3.05, 3.63) is 29.3 Å². The third-order valence-electron chi connectivity index (χ3n) is 3.09. The normalized spacial score (nSPS) is 15.3. The largest absolute Gasteiger partial charge is 0.417 e. The summed E-state index contributed by atoms with van der Waals surface area (Å²) in [6, 6.07) is 5.87. The van der Waals surface area contributed by atoms with Crippen molar-refractivity contribution in [1.82, 2.24) is 0 Å². The summed E-state index contributed by atoms with van der Waals surface area (Å²) in [4.78, 5) is 1.95. The van der Waals surface area contributed by atoms with Crippen LogP contribution in [0.4, 0.5) is 18.9 Å². The molecule has 0 aliphatic heterocycles. The number of hydrogen-bond acceptors (Lipinski definition) is 2. The van der Waals surface area contributed by atoms with Gasteiger partial charge < -0.3 is 4.90 Å². The molecular weight excluding hydrogens is 241 g/mol. The fraction of sp³-hybridized carbons (Fsp3) is 0.462. The second-order valence-electron chi connectivity index (χ2n) is 4.36. The molecule has 0 saturated heterocycles. The average Bonchev–Trinajstić information content (AvgIpc) is 3.13. The van der Waals surface area contributed by atoms with Gasteiger partial charge in [0.15, 0.2) is 0 Å². The van der Waals surface area contributed by atoms with E-state index in [1.165, 1.54) is 6.07 Å². The van der Waals surface area contributed by atoms with E-state index in [9.17, 15) is 13.2 Å². The van der Waals surface area contributed by atoms with E-state index in [-0.39, 0.29) is 5.56 Å². The van der Waals surface area contributed by atoms with E-state index in [4.69, 9.17) is 5.26 Å². The lowest BCUT2D eigenvalue weighted by atomic mass is 10.1. The molecule has 2 nitrogen and oxygen atoms in total. The Hall–Kier alpha value is -1.70. The molecule has 0 unspecified atom stereocenters. The molecule has 1 aliphatic carbocycles. The number of nitrogens with zero attached hydrogens (tertiary/aromatic N) is 2. The summed E-state index contributed by atoms with van der Waals surface area (Å²) in [6.45, 7) is 2.59. The quantitative estimate of drug-likeness (QED) is 0.824. The fourth-order valence-electron chi connectivity index (χ4n) is 2.08. The Kier molecular flexibility index (Phi) is 3.20. The van der Waals surface area contributed by atoms with E-state index >= 15 is 0 Å². The first kappa shape index (κ1) is 12.7. The Labute approximate surface area is 104 Å². The number of anilines is 1. The van der Waals surface area contributed by atoms with Gasteiger partial charge in [0.1, 0.15) is 0 Å². The summed E-state index contributed by atoms with van der Waals surface area (Å²) in [5, 5.41) is 8.73. The molecule has 0 atom stereocenters. The number of hydrogen-bond donors (Lipinski definition) is 0. The van der Waals surface area contributed by atoms with Gasteiger partial charge >= 0.3 is 6.18 Å². The second kappa shape index (κ2) is 4.52. The molecule has 0 N–H and O–H groups in total. The van der Waals surface area contributed by atoms with Gasteiger partial charge in [0.2, 0.25) is 0 Å². The van der Waals surface area contributed by atoms with Crippen molar-refractivity contribution < 1.29 is 13.2 Å². The summed E-state index contributed by atoms with van der Waals surface area (Å²) in [7, 11) is 0. The molecule has 96 valence electrons. The van der Waals surface area contributed by atoms with Crippen LogP contribution < -0.4 is 4.90 Å². The topological polar surface area (TPSA) is 27.0 Å². The monoisotopic (exact) mass is 254 g/mol. The molecule has 0 amide bonds. The third kappa shape index (κ3) is 2.42. The highest BCUT2D eigenvalue weighted by molar-refractivity contribution is 5.56. The minimum atomic E-state index is -4.48. The lowest BCUT2D eigenvalue weighted by Crippen LogP contribution is -2.25. The van der Waals surface area contributed by atoms with Crippen LogP contribution in [0.3, 0.4) is 0 Å². The summed E-state index contributed by atoms with van der Waals surface area (Å²) >= 11 is 0. The zero-order valence-electron chi connectivity index (χ0n) is 9.96. The number of rotatable bonds is 3. The SMILES string of the molecule is CCN(c1ccc(C#N)c(C(F)(F)F)c1)C1CC1. The summed E-state index contributed by atoms with van der Waals surface area (Å²) in [5.74, 6) is 0. The van der Waals surface area contributed by atoms with E-state index in [0.29, 0.717) is 18.3 Å². The van der Waals surface area contributed by atoms with Crippen LogP contribution in [-0.4, -0.2) is 12.6 Å². The minimum Gasteiger partial charge on any atom is -0.369 e. The number of benzene rings is 1. The van der Waals surface area contributed by atoms with Crippen molar-refractivity contribution in [2.24, 2.45) is 0 Å². The van der Waals surface area contributed by atoms with Crippen molar-refractivity contribution in [2.45, 2.75) is 32.0 Å². The van der Waals surface area contributed by atoms with Gasteiger partial charge in [0.25, 0.3) is 0 Å². The van der Waals surface area contributed by atoms with Crippen LogP contribution in [0.2, 0.25) is 0 Å². The van der Waals surface area contributed by atoms with Crippen molar-refractivity contribution in [2.75, 3.05) is 11.4 Å². The molecule has 1 saturated carbocycles. The number of nitriles is 1. The highest BCUT2D eigenvalue weighted by atomic mass is 19.4. The Morgan fingerprint density at radius 3 is 2.50 bits per heavy atom. The molecule has 2 rings (SSSR count). The highest BCUT2D eigenvalue weighted by Crippen LogP contribution is 2.37. The first-order valence-corrected chi connectivity index (χ1v) is 5.85. The van der Waals surface area contributed by atoms with Crippen LogP contribution in [0, 0.1) is 11.3 Å². The summed E-state index contributed by atoms with van der Waals surface area (Å²) in [6.07, 6.45) is -2.44. The first-order valence-electron chi connectivity index (χ1n) is 5.85. The van der Waals surface area contributed by atoms with Crippen molar-refractivity contribution in [3.8, 4) is 6.07 Å². The first-order chi connectivity index (χ1) is 8.47. The fourth-order valence-corrected chi connectivity index (χ4v) is 2.08. The zero-order valence-corrected chi connectivity index (χ0v) is 9.96. The Balaban J connectivity index is 2.42. The molecule has 1 aromatic rings. The highest BCUT2D eigenvalue weighted by Gasteiger charge is 2.35. The maximum Gasteiger partial charge on any atom is 0.417 e. The van der Waals surface area contributed by atoms with E-state index in [2.05, 4.69) is 0 Å². The molecule has 0 bridgehead atoms. The van der Waals surface area contributed by atoms with E-state index < -0.39 is 11.7 Å². The smallest absolute Gasteiger partial charge is 0.369 e. The van der Waals surface area contributed by atoms with Gasteiger partial charge in [-0.25, -0.2) is 0 Å². The van der Waals surface area contributed by atoms with Crippen molar-refractivity contribution in [1.29, 1.82) is 5.26 Å². The van der Waals surface area contributed by atoms with Gasteiger partial charge in [0, 0.05) is 18.3 Å². The predicted molar refractivity (Wildman–Crippen MR) is 62.2 cm³/mol. The van der Waals surface area contributed by atoms with Crippen LogP contribution >= 0.6 is 0 Å². The molecule has 1 fully saturated rings. The lowest BCUT2D eigenvalue weighted by Gasteiger charge is -2.24. The Morgan fingerprint density at radius 1 is 1.39 bits per heavy atom. The van der Waals surface area contributed by atoms with Crippen molar-refractivity contribution in [3.63, 3.8) is 0 Å². The molecule has 0 radical (unpaired) electrons. The summed E-state index contributed by atoms with van der Waals surface area (Å²) < 4.78 is 38.5. The van der Waals surface area contributed by atoms with Gasteiger partial charge in [-0.1, -0.05) is 0 Å². The average molecular weight is 254 g/mol. The van der Waals surface area contributed by atoms with Gasteiger partial charge in [-0.2, -0.15) is 18.4 Å². The van der Waals surface area contributed by atoms with Crippen LogP contribution in [-0.2, 0) is 6.18 Å². The second-order valence-corrected chi connectivity index (χ2v) is 4.36. The van der Waals surface area contributed by atoms with E-state index in [1.807, 2.05) is 11.8 Å². The minimum absolute atomic E-state index is 0.321. The molecule has 0 spiro atoms. The lowest BCUT2D eigenvalue weighted by molar-refractivity contribution is -0.137. The standard InChI is InChI=1S/C13H13F3N2/c1-2-18(10-5-6-10)11-4-3-9(8-17)12(7-11)13(14,15)16/h3-4,7,10H,2,5-6H2,1H3. The Bertz CT molecular complexity index is 484. The van der Waals surface area contributed by atoms with Gasteiger partial charge in [-0.15, -0.1) is 0 Å². The molecule has 1 aliphatic rings. The van der Waals surface area contributed by atoms with Gasteiger partial charge in [-0.3, -0.25) is 0 Å². The zero-order chi connectivity index (χ0) is 13.3. The number of alkyl halides is 3. The maximum atomic E-state index is 12.8. The van der Waals surface area contributed by atoms with Gasteiger partial charge in [-0.05, 0) is 38.0 Å². The van der Waals surface area contributed by atoms with Crippen molar-refractivity contribution >= 4 is 5.69 Å². The summed E-state index contributed by atoms with van der Waals surface area (Å²) in [5.41, 5.74) is -0.619. The maximum absolute atomic E-state index is 12.8. The third-order valence-corrected chi connectivity index (χ3v) is 3.09. The molecule has 5 heteroatoms. The van der Waals surface area contributed by atoms with Gasteiger partial charge in [0.05, 0.1) is 17.2 Å². The molecule has 1 aromatic carbocycles. The molecule has 0 aromatic heterocycles. The van der Waals surface area contributed by atoms with Crippen LogP contribution in [0.25, 0.3) is 0 Å². The predicted octanol–water partition coefficient (Wildman–Crippen LogP) is 3.57.